The van der Waals surface area contributed by atoms with Crippen molar-refractivity contribution < 1.29 is 27.8 Å². The number of carbonyl (C=O) groups is 1. The number of halogens is 3. The summed E-state index contributed by atoms with van der Waals surface area (Å²) in [7, 11) is 1.35. The second kappa shape index (κ2) is 5.77. The maximum atomic E-state index is 12.7. The molecule has 2 aromatic rings. The molecule has 0 amide bonds. The van der Waals surface area contributed by atoms with Gasteiger partial charge in [-0.25, -0.2) is 4.79 Å². The van der Waals surface area contributed by atoms with Gasteiger partial charge in [-0.15, -0.1) is 11.3 Å². The average molecular weight is 316 g/mol. The zero-order valence-electron chi connectivity index (χ0n) is 10.9. The Hall–Kier alpha value is -2.02. The lowest BCUT2D eigenvalue weighted by molar-refractivity contribution is -0.137. The van der Waals surface area contributed by atoms with Gasteiger partial charge < -0.3 is 9.84 Å². The number of carboxylic acid groups (broad SMARTS) is 1. The fraction of sp³-hybridized carbons (Fsp3) is 0.214. The van der Waals surface area contributed by atoms with Crippen LogP contribution in [-0.2, 0) is 12.6 Å². The topological polar surface area (TPSA) is 46.5 Å². The van der Waals surface area contributed by atoms with Gasteiger partial charge in [-0.2, -0.15) is 13.2 Å². The summed E-state index contributed by atoms with van der Waals surface area (Å²) < 4.78 is 42.9. The van der Waals surface area contributed by atoms with Crippen LogP contribution < -0.4 is 4.74 Å². The van der Waals surface area contributed by atoms with Crippen molar-refractivity contribution in [2.45, 2.75) is 12.6 Å². The van der Waals surface area contributed by atoms with Crippen molar-refractivity contribution in [3.8, 4) is 5.75 Å². The molecule has 1 aromatic carbocycles. The SMILES string of the molecule is COc1csc(Cc2cccc(C(F)(F)F)c2)c1C(=O)O. The minimum Gasteiger partial charge on any atom is -0.495 e. The van der Waals surface area contributed by atoms with E-state index in [9.17, 15) is 23.1 Å². The molecular formula is C14H11F3O3S. The molecule has 21 heavy (non-hydrogen) atoms. The second-order valence-corrected chi connectivity index (χ2v) is 5.25. The highest BCUT2D eigenvalue weighted by atomic mass is 32.1. The summed E-state index contributed by atoms with van der Waals surface area (Å²) in [6, 6.07) is 4.85. The molecule has 2 rings (SSSR count). The molecule has 0 aliphatic carbocycles. The molecule has 0 saturated carbocycles. The maximum absolute atomic E-state index is 12.7. The first-order valence-corrected chi connectivity index (χ1v) is 6.74. The summed E-state index contributed by atoms with van der Waals surface area (Å²) in [5.41, 5.74) is -0.350. The molecule has 0 radical (unpaired) electrons. The second-order valence-electron chi connectivity index (χ2n) is 4.28. The summed E-state index contributed by atoms with van der Waals surface area (Å²) in [6.07, 6.45) is -4.31. The lowest BCUT2D eigenvalue weighted by atomic mass is 10.0. The summed E-state index contributed by atoms with van der Waals surface area (Å²) in [6.45, 7) is 0. The summed E-state index contributed by atoms with van der Waals surface area (Å²) in [4.78, 5) is 11.7. The van der Waals surface area contributed by atoms with Crippen molar-refractivity contribution in [1.82, 2.24) is 0 Å². The van der Waals surface area contributed by atoms with Crippen molar-refractivity contribution in [2.24, 2.45) is 0 Å². The van der Waals surface area contributed by atoms with Gasteiger partial charge in [0.1, 0.15) is 11.3 Å². The molecule has 1 aromatic heterocycles. The largest absolute Gasteiger partial charge is 0.495 e. The van der Waals surface area contributed by atoms with Gasteiger partial charge in [0.25, 0.3) is 0 Å². The van der Waals surface area contributed by atoms with E-state index in [0.717, 1.165) is 23.5 Å². The molecule has 0 unspecified atom stereocenters. The molecule has 0 aliphatic heterocycles. The Morgan fingerprint density at radius 1 is 1.38 bits per heavy atom. The van der Waals surface area contributed by atoms with Crippen LogP contribution in [-0.4, -0.2) is 18.2 Å². The number of carboxylic acids is 1. The van der Waals surface area contributed by atoms with Crippen LogP contribution in [0.2, 0.25) is 0 Å². The fourth-order valence-corrected chi connectivity index (χ4v) is 2.95. The Bertz CT molecular complexity index is 662. The van der Waals surface area contributed by atoms with Crippen molar-refractivity contribution >= 4 is 17.3 Å². The molecule has 3 nitrogen and oxygen atoms in total. The Morgan fingerprint density at radius 2 is 2.10 bits per heavy atom. The van der Waals surface area contributed by atoms with Crippen LogP contribution in [0.4, 0.5) is 13.2 Å². The molecule has 0 saturated heterocycles. The number of rotatable bonds is 4. The van der Waals surface area contributed by atoms with E-state index in [2.05, 4.69) is 0 Å². The number of thiophene rings is 1. The Morgan fingerprint density at radius 3 is 2.67 bits per heavy atom. The van der Waals surface area contributed by atoms with Crippen molar-refractivity contribution in [3.05, 3.63) is 51.2 Å². The molecule has 0 bridgehead atoms. The zero-order valence-corrected chi connectivity index (χ0v) is 11.7. The quantitative estimate of drug-likeness (QED) is 0.925. The van der Waals surface area contributed by atoms with Crippen LogP contribution in [0.5, 0.6) is 5.75 Å². The first-order valence-electron chi connectivity index (χ1n) is 5.86. The number of hydrogen-bond acceptors (Lipinski definition) is 3. The number of benzene rings is 1. The lowest BCUT2D eigenvalue weighted by Crippen LogP contribution is -2.06. The van der Waals surface area contributed by atoms with E-state index >= 15 is 0 Å². The van der Waals surface area contributed by atoms with Crippen LogP contribution >= 0.6 is 11.3 Å². The molecule has 1 heterocycles. The third kappa shape index (κ3) is 3.36. The zero-order chi connectivity index (χ0) is 15.6. The number of methoxy groups -OCH3 is 1. The van der Waals surface area contributed by atoms with E-state index in [-0.39, 0.29) is 17.7 Å². The minimum absolute atomic E-state index is 0.0000817. The average Bonchev–Trinajstić information content (AvgIpc) is 2.81. The number of alkyl halides is 3. The fourth-order valence-electron chi connectivity index (χ4n) is 1.93. The Balaban J connectivity index is 2.35. The summed E-state index contributed by atoms with van der Waals surface area (Å²) in [5.74, 6) is -0.940. The summed E-state index contributed by atoms with van der Waals surface area (Å²) >= 11 is 1.15. The molecule has 0 spiro atoms. The molecule has 7 heteroatoms. The highest BCUT2D eigenvalue weighted by Crippen LogP contribution is 2.33. The minimum atomic E-state index is -4.42. The van der Waals surface area contributed by atoms with Gasteiger partial charge in [0, 0.05) is 16.7 Å². The van der Waals surface area contributed by atoms with Crippen LogP contribution in [0.15, 0.2) is 29.6 Å². The molecule has 1 N–H and O–H groups in total. The first kappa shape index (κ1) is 15.4. The van der Waals surface area contributed by atoms with E-state index in [1.54, 1.807) is 0 Å². The Kier molecular flexibility index (Phi) is 4.22. The van der Waals surface area contributed by atoms with Crippen LogP contribution in [0.25, 0.3) is 0 Å². The number of hydrogen-bond donors (Lipinski definition) is 1. The predicted octanol–water partition coefficient (Wildman–Crippen LogP) is 4.06. The number of ether oxygens (including phenoxy) is 1. The van der Waals surface area contributed by atoms with E-state index in [0.29, 0.717) is 10.4 Å². The molecule has 0 fully saturated rings. The van der Waals surface area contributed by atoms with Gasteiger partial charge in [0.15, 0.2) is 0 Å². The standard InChI is InChI=1S/C14H11F3O3S/c1-20-10-7-21-11(12(10)13(18)19)6-8-3-2-4-9(5-8)14(15,16)17/h2-5,7H,6H2,1H3,(H,18,19). The third-order valence-electron chi connectivity index (χ3n) is 2.89. The normalized spacial score (nSPS) is 11.4. The predicted molar refractivity (Wildman–Crippen MR) is 72.1 cm³/mol. The van der Waals surface area contributed by atoms with Gasteiger partial charge in [-0.1, -0.05) is 18.2 Å². The van der Waals surface area contributed by atoms with Crippen LogP contribution in [0, 0.1) is 0 Å². The van der Waals surface area contributed by atoms with E-state index in [1.165, 1.54) is 24.6 Å². The van der Waals surface area contributed by atoms with Gasteiger partial charge in [-0.3, -0.25) is 0 Å². The van der Waals surface area contributed by atoms with E-state index in [1.807, 2.05) is 0 Å². The van der Waals surface area contributed by atoms with Crippen molar-refractivity contribution in [2.75, 3.05) is 7.11 Å². The van der Waals surface area contributed by atoms with Crippen LogP contribution in [0.3, 0.4) is 0 Å². The van der Waals surface area contributed by atoms with Crippen molar-refractivity contribution in [3.63, 3.8) is 0 Å². The number of aromatic carboxylic acids is 1. The lowest BCUT2D eigenvalue weighted by Gasteiger charge is -2.08. The molecule has 0 aliphatic rings. The van der Waals surface area contributed by atoms with Gasteiger partial charge in [0.2, 0.25) is 0 Å². The van der Waals surface area contributed by atoms with Gasteiger partial charge in [-0.05, 0) is 11.6 Å². The molecule has 112 valence electrons. The first-order chi connectivity index (χ1) is 9.82. The third-order valence-corrected chi connectivity index (χ3v) is 3.85. The smallest absolute Gasteiger partial charge is 0.416 e. The highest BCUT2D eigenvalue weighted by molar-refractivity contribution is 7.10. The van der Waals surface area contributed by atoms with E-state index < -0.39 is 17.7 Å². The summed E-state index contributed by atoms with van der Waals surface area (Å²) in [5, 5.41) is 10.7. The molecule has 0 atom stereocenters. The van der Waals surface area contributed by atoms with Crippen molar-refractivity contribution in [1.29, 1.82) is 0 Å². The monoisotopic (exact) mass is 316 g/mol. The van der Waals surface area contributed by atoms with Gasteiger partial charge >= 0.3 is 12.1 Å². The highest BCUT2D eigenvalue weighted by Gasteiger charge is 2.30. The van der Waals surface area contributed by atoms with E-state index in [4.69, 9.17) is 4.74 Å². The van der Waals surface area contributed by atoms with Crippen LogP contribution in [0.1, 0.15) is 26.4 Å². The maximum Gasteiger partial charge on any atom is 0.416 e. The Labute approximate surface area is 122 Å². The van der Waals surface area contributed by atoms with Gasteiger partial charge in [0.05, 0.1) is 12.7 Å². The molecular weight excluding hydrogens is 305 g/mol.